The van der Waals surface area contributed by atoms with Crippen LogP contribution in [0.25, 0.3) is 0 Å². The standard InChI is InChI=1S/4C25H38O5/c4*1-6-25(4,5)24(28)30-21-12-15(2)11-17-8-7-16(3)20(23(17)21)10-9-19-13-18(26)14-22(27)29-19/h4*7-8,11,15-16,18-21,23,26H,6,9-10,12-14H2,1-5H3/t4*15-,16-,18+,19?,20-,21?,23-/m0000/s1/i1D3,4D3,6D2,7D,8D,11D,12D2,14D2,15D,16D,26D;1D3,6D2,7D,8D,11D,12D2,14D2,15D,16D,26D;4D3,7D,8D,11D,12D2,14D2,15D,16D,26D;7D,8D,11D,12D2,14D2,15D,16D,26D/t15-,16-,18+,19?,20-,21?,23-,25?;m;15-,16-,18+,19?,20-,21?,23-,25?;m. The Morgan fingerprint density at radius 2 is 0.650 bits per heavy atom. The van der Waals surface area contributed by atoms with Gasteiger partial charge in [-0.1, -0.05) is 156 Å². The maximum absolute atomic E-state index is 13.9. The number of aliphatic hydroxyl groups excluding tert-OH is 4. The van der Waals surface area contributed by atoms with Crippen LogP contribution >= 0.6 is 0 Å². The summed E-state index contributed by atoms with van der Waals surface area (Å²) in [5, 5.41) is 17.7. The molecule has 0 bridgehead atoms. The van der Waals surface area contributed by atoms with Gasteiger partial charge in [0.1, 0.15) is 48.8 Å². The summed E-state index contributed by atoms with van der Waals surface area (Å²) in [6, 6.07) is -7.35. The number of aliphatic hydroxyl groups is 4. The van der Waals surface area contributed by atoms with Crippen molar-refractivity contribution in [1.29, 1.82) is 5.72 Å². The lowest BCUT2D eigenvalue weighted by Gasteiger charge is -2.44. The Labute approximate surface area is 797 Å². The average molecular weight is 1730 g/mol. The number of carbonyl (C=O) groups excluding carboxylic acids is 8. The molecule has 30 atom stereocenters. The van der Waals surface area contributed by atoms with Crippen molar-refractivity contribution in [2.24, 2.45) is 116 Å². The number of carbonyl (C=O) groups is 8. The van der Waals surface area contributed by atoms with Crippen molar-refractivity contribution in [2.45, 2.75) is 365 Å². The molecule has 20 heteroatoms. The Bertz CT molecular complexity index is 6500. The van der Waals surface area contributed by atoms with Crippen molar-refractivity contribution >= 4 is 47.8 Å². The first-order valence-corrected chi connectivity index (χ1v) is 40.5. The Morgan fingerprint density at radius 1 is 0.408 bits per heavy atom. The molecular formula is C100H152O20. The van der Waals surface area contributed by atoms with E-state index in [4.69, 9.17) is 115 Å². The van der Waals surface area contributed by atoms with Crippen molar-refractivity contribution < 1.29 is 168 Å². The normalized spacial score (nSPS) is 54.0. The van der Waals surface area contributed by atoms with Crippen molar-refractivity contribution in [3.8, 4) is 0 Å². The third-order valence-corrected chi connectivity index (χ3v) is 23.2. The van der Waals surface area contributed by atoms with Gasteiger partial charge >= 0.3 is 47.8 Å². The molecule has 0 radical (unpaired) electrons. The summed E-state index contributed by atoms with van der Waals surface area (Å²) in [6.07, 6.45) is -48.6. The minimum Gasteiger partial charge on any atom is -0.462 e. The second kappa shape index (κ2) is 42.5. The molecule has 4 fully saturated rings. The van der Waals surface area contributed by atoms with Crippen molar-refractivity contribution in [3.63, 3.8) is 0 Å². The van der Waals surface area contributed by atoms with Gasteiger partial charge in [0.25, 0.3) is 0 Å². The van der Waals surface area contributed by atoms with E-state index < -0.39 is 406 Å². The molecule has 4 saturated heterocycles. The van der Waals surface area contributed by atoms with Crippen molar-refractivity contribution in [2.75, 3.05) is 0 Å². The van der Waals surface area contributed by atoms with Crippen molar-refractivity contribution in [1.82, 2.24) is 0 Å². The lowest BCUT2D eigenvalue weighted by atomic mass is 9.65. The molecule has 20 nitrogen and oxygen atoms in total. The molecule has 0 amide bonds. The zero-order valence-electron chi connectivity index (χ0n) is 127. The number of hydrogen-bond donors (Lipinski definition) is 4. The summed E-state index contributed by atoms with van der Waals surface area (Å²) in [4.78, 5) is 103. The lowest BCUT2D eigenvalue weighted by molar-refractivity contribution is -0.166. The van der Waals surface area contributed by atoms with Crippen LogP contribution in [0.5, 0.6) is 0 Å². The monoisotopic (exact) mass is 1730 g/mol. The highest BCUT2D eigenvalue weighted by Crippen LogP contribution is 2.51. The molecule has 0 aromatic carbocycles. The number of esters is 8. The topological polar surface area (TPSA) is 291 Å². The van der Waals surface area contributed by atoms with Crippen LogP contribution in [0.15, 0.2) is 94.9 Å². The van der Waals surface area contributed by atoms with Gasteiger partial charge in [0, 0.05) is 104 Å². The van der Waals surface area contributed by atoms with Gasteiger partial charge in [-0.2, -0.15) is 0 Å². The van der Waals surface area contributed by atoms with Crippen LogP contribution in [0.1, 0.15) is 363 Å². The highest BCUT2D eigenvalue weighted by atomic mass is 16.6. The van der Waals surface area contributed by atoms with E-state index >= 15 is 0 Å². The van der Waals surface area contributed by atoms with Gasteiger partial charge in [0.15, 0.2) is 0 Å². The second-order valence-corrected chi connectivity index (χ2v) is 33.6. The molecule has 4 N–H and O–H groups in total. The first kappa shape index (κ1) is 45.6. The summed E-state index contributed by atoms with van der Waals surface area (Å²) in [7, 11) is 0. The van der Waals surface area contributed by atoms with Crippen LogP contribution < -0.4 is 0 Å². The molecular weight excluding hydrogens is 1520 g/mol. The third kappa shape index (κ3) is 25.9. The summed E-state index contributed by atoms with van der Waals surface area (Å²) in [6.45, 7) is 5.81. The number of fused-ring (bicyclic) bond motifs is 4. The molecule has 4 aliphatic heterocycles. The van der Waals surface area contributed by atoms with Gasteiger partial charge < -0.3 is 58.3 Å². The van der Waals surface area contributed by atoms with E-state index in [1.807, 2.05) is 0 Å². The first-order valence-electron chi connectivity index (χ1n) is 68.2. The zero-order valence-corrected chi connectivity index (χ0v) is 70.6. The minimum atomic E-state index is -3.79. The van der Waals surface area contributed by atoms with E-state index in [-0.39, 0.29) is 100 Å². The van der Waals surface area contributed by atoms with Gasteiger partial charge in [-0.25, -0.2) is 0 Å². The fourth-order valence-corrected chi connectivity index (χ4v) is 15.5. The van der Waals surface area contributed by atoms with E-state index in [0.717, 1.165) is 41.5 Å². The maximum atomic E-state index is 13.9. The molecule has 0 aromatic heterocycles. The van der Waals surface area contributed by atoms with Crippen LogP contribution in [0, 0.1) is 116 Å². The Morgan fingerprint density at radius 3 is 0.892 bits per heavy atom. The van der Waals surface area contributed by atoms with E-state index in [2.05, 4.69) is 20.4 Å². The molecule has 4 heterocycles. The van der Waals surface area contributed by atoms with Crippen LogP contribution in [0.4, 0.5) is 0 Å². The summed E-state index contributed by atoms with van der Waals surface area (Å²) in [5.74, 6) is -38.9. The van der Waals surface area contributed by atoms with Crippen LogP contribution in [0.3, 0.4) is 0 Å². The van der Waals surface area contributed by atoms with Crippen LogP contribution in [-0.4, -0.2) is 147 Å². The fraction of sp³-hybridized carbons (Fsp3) is 0.760. The zero-order chi connectivity index (χ0) is 137. The van der Waals surface area contributed by atoms with Gasteiger partial charge in [0.05, 0.1) is 88.0 Å². The van der Waals surface area contributed by atoms with E-state index in [0.29, 0.717) is 13.3 Å². The van der Waals surface area contributed by atoms with Crippen LogP contribution in [-0.2, 0) is 76.3 Å². The average Bonchev–Trinajstić information content (AvgIpc) is 0.704. The second-order valence-electron chi connectivity index (χ2n) is 33.6. The Kier molecular flexibility index (Phi) is 16.1. The molecule has 672 valence electrons. The quantitative estimate of drug-likeness (QED) is 0.0418. The smallest absolute Gasteiger partial charge is 0.311 e. The fourth-order valence-electron chi connectivity index (χ4n) is 15.5. The number of hydrogen-bond acceptors (Lipinski definition) is 20. The van der Waals surface area contributed by atoms with Gasteiger partial charge in [-0.05, 0) is 251 Å². The molecule has 12 aliphatic rings. The minimum absolute atomic E-state index is 0.0147. The molecule has 0 aromatic rings. The van der Waals surface area contributed by atoms with E-state index in [9.17, 15) is 38.4 Å². The Balaban J connectivity index is 0.000000257. The highest BCUT2D eigenvalue weighted by Gasteiger charge is 2.50. The van der Waals surface area contributed by atoms with Gasteiger partial charge in [0.2, 0.25) is 5.72 Å². The number of cyclic esters (lactones) is 4. The predicted octanol–water partition coefficient (Wildman–Crippen LogP) is 18.3. The Hall–Kier alpha value is -6.48. The number of rotatable bonds is 28. The highest BCUT2D eigenvalue weighted by molar-refractivity contribution is 5.78. The van der Waals surface area contributed by atoms with Crippen LogP contribution in [0.2, 0.25) is 0 Å². The van der Waals surface area contributed by atoms with E-state index in [1.165, 1.54) is 41.5 Å². The van der Waals surface area contributed by atoms with Gasteiger partial charge in [-0.15, -0.1) is 0 Å². The first-order chi connectivity index (χ1) is 78.8. The molecule has 8 aliphatic carbocycles. The lowest BCUT2D eigenvalue weighted by Crippen LogP contribution is -2.43. The molecule has 120 heavy (non-hydrogen) atoms. The SMILES string of the molecule is [2H]O[C@@H]1CC(CC[C@@H]2[C@@H]3C(=C([2H])[C@]([2H])(C)C([2H])([2H])C3OC(=O)C(C)(C([2H])([2H])[2H])C([2H])([2H])C([2H])([2H])[2H])C([2H])=C([2H])[C@]2([2H])C)OC(=O)C1([2H])[2H].[2H]O[C@@H]1CC(CC[C@@H]2[C@@H]3C(=C([2H])[C@]([2H])(C)C([2H])([2H])C3OC(=O)C(C)(C)C([2H])([2H])C([2H])([2H])[2H])C([2H])=C([2H])[C@]2([2H])C)OC(=O)C1([2H])[2H].[2H]O[C@@H]1CC(CC[C@@H]2[C@@H]3C(=C([2H])[C@]([2H])(C)C([2H])([2H])C3OC(=O)C(C)(C)CC)C([2H])=C([2H])[C@]2([2H])C)OC(=O)C1([2H])[2H].[2H]O[C@@H]1CC(CC[C@@H]2[C@@H]3C(=C([2H])[C@]([2H])(C)C([2H])([2H])C3OC(=O)C(C)(CC)C([2H])([2H])[2H])C([2H])=C([2H])[C@]2([2H])C)OC(=O)C1([2H])[2H]. The molecule has 10 unspecified atom stereocenters. The summed E-state index contributed by atoms with van der Waals surface area (Å²) in [5.41, 5.74) is -10.1. The van der Waals surface area contributed by atoms with Crippen molar-refractivity contribution in [3.05, 3.63) is 94.9 Å². The molecule has 0 saturated carbocycles. The molecule has 12 rings (SSSR count). The number of ether oxygens (including phenoxy) is 8. The summed E-state index contributed by atoms with van der Waals surface area (Å²) < 4.78 is 508. The number of allylic oxidation sites excluding steroid dienone is 12. The summed E-state index contributed by atoms with van der Waals surface area (Å²) >= 11 is 0. The molecule has 0 spiro atoms. The third-order valence-electron chi connectivity index (χ3n) is 23.2. The van der Waals surface area contributed by atoms with E-state index in [1.54, 1.807) is 20.8 Å². The largest absolute Gasteiger partial charge is 0.462 e. The predicted molar refractivity (Wildman–Crippen MR) is 462 cm³/mol. The van der Waals surface area contributed by atoms with Gasteiger partial charge in [-0.3, -0.25) is 38.4 Å². The maximum Gasteiger partial charge on any atom is 0.311 e.